The number of rotatable bonds is 58. The van der Waals surface area contributed by atoms with Gasteiger partial charge in [0.1, 0.15) is 0 Å². The molecule has 0 spiro atoms. The number of hydrogen-bond donors (Lipinski definition) is 3. The van der Waals surface area contributed by atoms with Crippen LogP contribution in [0.5, 0.6) is 0 Å². The van der Waals surface area contributed by atoms with Crippen LogP contribution in [0.25, 0.3) is 0 Å². The molecule has 0 aromatic carbocycles. The molecule has 406 valence electrons. The summed E-state index contributed by atoms with van der Waals surface area (Å²) in [7, 11) is 0. The summed E-state index contributed by atoms with van der Waals surface area (Å²) in [5.74, 6) is -0.0244. The summed E-state index contributed by atoms with van der Waals surface area (Å²) in [6.07, 6.45) is 84.3. The molecular weight excluding hydrogens is 843 g/mol. The fourth-order valence-corrected chi connectivity index (χ4v) is 9.89. The molecule has 0 saturated carbocycles. The van der Waals surface area contributed by atoms with Gasteiger partial charge in [-0.1, -0.05) is 332 Å². The highest BCUT2D eigenvalue weighted by Gasteiger charge is 2.20. The van der Waals surface area contributed by atoms with Crippen molar-refractivity contribution in [3.05, 3.63) is 48.6 Å². The predicted octanol–water partition coefficient (Wildman–Crippen LogP) is 21.0. The summed E-state index contributed by atoms with van der Waals surface area (Å²) in [6.45, 7) is 4.27. The molecule has 4 heteroatoms. The molecule has 0 aliphatic carbocycles. The summed E-state index contributed by atoms with van der Waals surface area (Å²) >= 11 is 0. The number of unbranched alkanes of at least 4 members (excludes halogenated alkanes) is 43. The first-order valence-corrected chi connectivity index (χ1v) is 31.3. The van der Waals surface area contributed by atoms with Crippen LogP contribution in [0, 0.1) is 0 Å². The number of amides is 1. The normalized spacial score (nSPS) is 13.0. The Balaban J connectivity index is 3.35. The van der Waals surface area contributed by atoms with Crippen molar-refractivity contribution in [3.63, 3.8) is 0 Å². The second-order valence-corrected chi connectivity index (χ2v) is 21.5. The van der Waals surface area contributed by atoms with E-state index in [2.05, 4.69) is 67.8 Å². The van der Waals surface area contributed by atoms with E-state index in [1.807, 2.05) is 0 Å². The van der Waals surface area contributed by atoms with E-state index in [1.54, 1.807) is 0 Å². The lowest BCUT2D eigenvalue weighted by atomic mass is 10.0. The highest BCUT2D eigenvalue weighted by molar-refractivity contribution is 5.76. The summed E-state index contributed by atoms with van der Waals surface area (Å²) < 4.78 is 0. The third-order valence-corrected chi connectivity index (χ3v) is 14.6. The third kappa shape index (κ3) is 57.1. The first kappa shape index (κ1) is 67.3. The van der Waals surface area contributed by atoms with Crippen molar-refractivity contribution in [1.82, 2.24) is 5.32 Å². The number of hydrogen-bond acceptors (Lipinski definition) is 3. The molecule has 0 aliphatic rings. The minimum absolute atomic E-state index is 0.0244. The van der Waals surface area contributed by atoms with E-state index in [0.29, 0.717) is 12.8 Å². The molecular formula is C65H123NO3. The van der Waals surface area contributed by atoms with Gasteiger partial charge in [-0.25, -0.2) is 0 Å². The number of carbonyl (C=O) groups is 1. The van der Waals surface area contributed by atoms with E-state index in [4.69, 9.17) is 0 Å². The number of carbonyl (C=O) groups excluding carboxylic acids is 1. The molecule has 1 amide bonds. The fraction of sp³-hybridized carbons (Fsp3) is 0.862. The van der Waals surface area contributed by atoms with Gasteiger partial charge in [0.25, 0.3) is 0 Å². The Kier molecular flexibility index (Phi) is 59.2. The second kappa shape index (κ2) is 60.7. The van der Waals surface area contributed by atoms with Gasteiger partial charge >= 0.3 is 0 Å². The third-order valence-electron chi connectivity index (χ3n) is 14.6. The average Bonchev–Trinajstić information content (AvgIpc) is 3.35. The van der Waals surface area contributed by atoms with Crippen molar-refractivity contribution in [1.29, 1.82) is 0 Å². The van der Waals surface area contributed by atoms with E-state index in [1.165, 1.54) is 263 Å². The molecule has 0 fully saturated rings. The molecule has 69 heavy (non-hydrogen) atoms. The maximum atomic E-state index is 12.5. The van der Waals surface area contributed by atoms with Gasteiger partial charge in [-0.3, -0.25) is 4.79 Å². The van der Waals surface area contributed by atoms with Crippen LogP contribution in [-0.4, -0.2) is 34.9 Å². The van der Waals surface area contributed by atoms with Crippen molar-refractivity contribution in [2.24, 2.45) is 0 Å². The molecule has 2 atom stereocenters. The zero-order chi connectivity index (χ0) is 49.9. The van der Waals surface area contributed by atoms with Gasteiger partial charge in [0, 0.05) is 6.42 Å². The molecule has 0 aliphatic heterocycles. The Morgan fingerprint density at radius 3 is 0.957 bits per heavy atom. The number of aliphatic hydroxyl groups excluding tert-OH is 2. The van der Waals surface area contributed by atoms with Crippen molar-refractivity contribution in [2.75, 3.05) is 6.61 Å². The highest BCUT2D eigenvalue weighted by Crippen LogP contribution is 2.18. The van der Waals surface area contributed by atoms with Crippen molar-refractivity contribution < 1.29 is 15.0 Å². The molecule has 3 N–H and O–H groups in total. The predicted molar refractivity (Wildman–Crippen MR) is 308 cm³/mol. The lowest BCUT2D eigenvalue weighted by Gasteiger charge is -2.22. The van der Waals surface area contributed by atoms with Crippen molar-refractivity contribution in [2.45, 2.75) is 353 Å². The largest absolute Gasteiger partial charge is 0.394 e. The van der Waals surface area contributed by atoms with Gasteiger partial charge in [-0.2, -0.15) is 0 Å². The fourth-order valence-electron chi connectivity index (χ4n) is 9.89. The quantitative estimate of drug-likeness (QED) is 0.0420. The lowest BCUT2D eigenvalue weighted by molar-refractivity contribution is -0.123. The monoisotopic (exact) mass is 966 g/mol. The van der Waals surface area contributed by atoms with E-state index >= 15 is 0 Å². The Bertz CT molecular complexity index is 1090. The molecule has 0 heterocycles. The topological polar surface area (TPSA) is 69.6 Å². The molecule has 0 bridgehead atoms. The molecule has 0 saturated heterocycles. The number of allylic oxidation sites excluding steroid dienone is 8. The molecule has 4 nitrogen and oxygen atoms in total. The first-order chi connectivity index (χ1) is 34.2. The van der Waals surface area contributed by atoms with Gasteiger partial charge < -0.3 is 15.5 Å². The zero-order valence-corrected chi connectivity index (χ0v) is 46.8. The maximum Gasteiger partial charge on any atom is 0.220 e. The van der Waals surface area contributed by atoms with Crippen LogP contribution in [-0.2, 0) is 4.79 Å². The van der Waals surface area contributed by atoms with Crippen molar-refractivity contribution in [3.8, 4) is 0 Å². The van der Waals surface area contributed by atoms with Crippen LogP contribution in [0.15, 0.2) is 48.6 Å². The summed E-state index contributed by atoms with van der Waals surface area (Å²) in [6, 6.07) is -0.534. The average molecular weight is 967 g/mol. The molecule has 0 rings (SSSR count). The second-order valence-electron chi connectivity index (χ2n) is 21.5. The van der Waals surface area contributed by atoms with Gasteiger partial charge in [-0.05, 0) is 51.4 Å². The molecule has 0 aromatic rings. The summed E-state index contributed by atoms with van der Waals surface area (Å²) in [5, 5.41) is 23.3. The maximum absolute atomic E-state index is 12.5. The minimum atomic E-state index is -0.657. The lowest BCUT2D eigenvalue weighted by Crippen LogP contribution is -2.45. The van der Waals surface area contributed by atoms with Gasteiger partial charge in [0.05, 0.1) is 18.8 Å². The zero-order valence-electron chi connectivity index (χ0n) is 46.8. The smallest absolute Gasteiger partial charge is 0.220 e. The summed E-state index contributed by atoms with van der Waals surface area (Å²) in [4.78, 5) is 12.5. The highest BCUT2D eigenvalue weighted by atomic mass is 16.3. The van der Waals surface area contributed by atoms with E-state index in [9.17, 15) is 15.0 Å². The minimum Gasteiger partial charge on any atom is -0.394 e. The molecule has 0 aromatic heterocycles. The summed E-state index contributed by atoms with van der Waals surface area (Å²) in [5.41, 5.74) is 0. The molecule has 0 radical (unpaired) electrons. The van der Waals surface area contributed by atoms with Crippen LogP contribution in [0.2, 0.25) is 0 Å². The van der Waals surface area contributed by atoms with Crippen LogP contribution in [0.1, 0.15) is 341 Å². The standard InChI is InChI=1S/C65H123NO3/c1-3-5-7-9-11-13-15-17-19-21-22-23-24-25-26-27-28-29-30-31-32-33-34-35-36-37-38-39-40-41-42-43-44-45-47-49-51-53-55-57-59-61-65(69)66-63(62-67)64(68)60-58-56-54-52-50-48-46-20-18-16-14-12-10-8-6-4-2/h5,7,11,13,17,19,22-23,63-64,67-68H,3-4,6,8-10,12,14-16,18,20-21,24-62H2,1-2H3,(H,66,69)/b7-5-,13-11-,19-17-,23-22-. The Morgan fingerprint density at radius 1 is 0.362 bits per heavy atom. The van der Waals surface area contributed by atoms with Gasteiger partial charge in [-0.15, -0.1) is 0 Å². The number of aliphatic hydroxyl groups is 2. The van der Waals surface area contributed by atoms with E-state index < -0.39 is 12.1 Å². The van der Waals surface area contributed by atoms with E-state index in [0.717, 1.165) is 51.4 Å². The number of nitrogens with one attached hydrogen (secondary N) is 1. The van der Waals surface area contributed by atoms with E-state index in [-0.39, 0.29) is 12.5 Å². The molecule has 2 unspecified atom stereocenters. The van der Waals surface area contributed by atoms with Crippen molar-refractivity contribution >= 4 is 5.91 Å². The van der Waals surface area contributed by atoms with Gasteiger partial charge in [0.15, 0.2) is 0 Å². The van der Waals surface area contributed by atoms with Crippen LogP contribution in [0.3, 0.4) is 0 Å². The van der Waals surface area contributed by atoms with Crippen LogP contribution >= 0.6 is 0 Å². The van der Waals surface area contributed by atoms with Gasteiger partial charge in [0.2, 0.25) is 5.91 Å². The first-order valence-electron chi connectivity index (χ1n) is 31.3. The SMILES string of the molecule is CC/C=C\C/C=C\C/C=C\C/C=C\CCCCCCCCCCCCCCCCCCCCCCCCCCCCCCC(=O)NC(CO)C(O)CCCCCCCCCCCCCCCCCC. The Labute approximate surface area is 433 Å². The van der Waals surface area contributed by atoms with Crippen LogP contribution < -0.4 is 5.32 Å². The Hall–Kier alpha value is -1.65. The van der Waals surface area contributed by atoms with Crippen LogP contribution in [0.4, 0.5) is 0 Å². The Morgan fingerprint density at radius 2 is 0.638 bits per heavy atom.